The average Bonchev–Trinajstić information content (AvgIpc) is 2.32. The second-order valence-corrected chi connectivity index (χ2v) is 5.33. The van der Waals surface area contributed by atoms with E-state index in [-0.39, 0.29) is 22.5 Å². The Labute approximate surface area is 128 Å². The molecule has 0 saturated heterocycles. The highest BCUT2D eigenvalue weighted by Crippen LogP contribution is 2.32. The van der Waals surface area contributed by atoms with E-state index in [2.05, 4.69) is 31.2 Å². The molecule has 6 nitrogen and oxygen atoms in total. The number of nitrogens with one attached hydrogen (secondary N) is 1. The summed E-state index contributed by atoms with van der Waals surface area (Å²) in [6.45, 7) is 3.44. The fourth-order valence-corrected chi connectivity index (χ4v) is 2.26. The van der Waals surface area contributed by atoms with Crippen molar-refractivity contribution in [1.29, 1.82) is 0 Å². The number of aryl methyl sites for hydroxylation is 2. The van der Waals surface area contributed by atoms with Crippen LogP contribution in [0.15, 0.2) is 22.7 Å². The molecule has 1 aromatic carbocycles. The SMILES string of the molecule is Cc1ccc(Br)c(Nc2nc(Cl)nc(C)c2[N+](=O)[O-])c1. The van der Waals surface area contributed by atoms with Gasteiger partial charge >= 0.3 is 5.69 Å². The van der Waals surface area contributed by atoms with Gasteiger partial charge in [0.05, 0.1) is 10.6 Å². The van der Waals surface area contributed by atoms with Crippen LogP contribution in [0.3, 0.4) is 0 Å². The zero-order valence-corrected chi connectivity index (χ0v) is 13.0. The van der Waals surface area contributed by atoms with Gasteiger partial charge in [0.2, 0.25) is 11.1 Å². The standard InChI is InChI=1S/C12H10BrClN4O2/c1-6-3-4-8(13)9(5-6)16-11-10(18(19)20)7(2)15-12(14)17-11/h3-5H,1-2H3,(H,15,16,17). The lowest BCUT2D eigenvalue weighted by Crippen LogP contribution is -2.04. The lowest BCUT2D eigenvalue weighted by molar-refractivity contribution is -0.385. The summed E-state index contributed by atoms with van der Waals surface area (Å²) in [6.07, 6.45) is 0. The van der Waals surface area contributed by atoms with E-state index in [0.29, 0.717) is 5.69 Å². The summed E-state index contributed by atoms with van der Waals surface area (Å²) in [6, 6.07) is 5.61. The number of hydrogen-bond acceptors (Lipinski definition) is 5. The van der Waals surface area contributed by atoms with E-state index < -0.39 is 4.92 Å². The van der Waals surface area contributed by atoms with Crippen molar-refractivity contribution in [2.45, 2.75) is 13.8 Å². The number of hydrogen-bond donors (Lipinski definition) is 1. The molecule has 0 aliphatic heterocycles. The normalized spacial score (nSPS) is 10.4. The summed E-state index contributed by atoms with van der Waals surface area (Å²) in [5.41, 5.74) is 1.70. The van der Waals surface area contributed by atoms with E-state index in [0.717, 1.165) is 10.0 Å². The van der Waals surface area contributed by atoms with Crippen molar-refractivity contribution >= 4 is 44.7 Å². The van der Waals surface area contributed by atoms with Crippen LogP contribution in [0.5, 0.6) is 0 Å². The summed E-state index contributed by atoms with van der Waals surface area (Å²) < 4.78 is 0.768. The molecule has 0 aliphatic rings. The van der Waals surface area contributed by atoms with Crippen molar-refractivity contribution in [3.63, 3.8) is 0 Å². The maximum absolute atomic E-state index is 11.1. The molecule has 2 rings (SSSR count). The molecule has 0 saturated carbocycles. The summed E-state index contributed by atoms with van der Waals surface area (Å²) in [7, 11) is 0. The number of halogens is 2. The third kappa shape index (κ3) is 3.05. The van der Waals surface area contributed by atoms with Crippen molar-refractivity contribution in [2.75, 3.05) is 5.32 Å². The van der Waals surface area contributed by atoms with Gasteiger partial charge in [-0.1, -0.05) is 6.07 Å². The van der Waals surface area contributed by atoms with Crippen LogP contribution >= 0.6 is 27.5 Å². The zero-order chi connectivity index (χ0) is 14.9. The van der Waals surface area contributed by atoms with Gasteiger partial charge < -0.3 is 5.32 Å². The van der Waals surface area contributed by atoms with E-state index in [1.165, 1.54) is 6.92 Å². The lowest BCUT2D eigenvalue weighted by atomic mass is 10.2. The lowest BCUT2D eigenvalue weighted by Gasteiger charge is -2.10. The van der Waals surface area contributed by atoms with Gasteiger partial charge in [0.15, 0.2) is 0 Å². The Bertz CT molecular complexity index is 693. The van der Waals surface area contributed by atoms with Gasteiger partial charge in [-0.15, -0.1) is 0 Å². The minimum atomic E-state index is -0.530. The fourth-order valence-electron chi connectivity index (χ4n) is 1.70. The number of nitrogens with zero attached hydrogens (tertiary/aromatic N) is 3. The van der Waals surface area contributed by atoms with Crippen molar-refractivity contribution in [2.24, 2.45) is 0 Å². The van der Waals surface area contributed by atoms with Gasteiger partial charge in [-0.2, -0.15) is 4.98 Å². The van der Waals surface area contributed by atoms with Gasteiger partial charge in [0, 0.05) is 4.47 Å². The van der Waals surface area contributed by atoms with E-state index >= 15 is 0 Å². The molecule has 0 unspecified atom stereocenters. The van der Waals surface area contributed by atoms with Crippen molar-refractivity contribution < 1.29 is 4.92 Å². The van der Waals surface area contributed by atoms with Crippen molar-refractivity contribution in [3.05, 3.63) is 49.3 Å². The van der Waals surface area contributed by atoms with E-state index in [1.807, 2.05) is 25.1 Å². The molecule has 2 aromatic rings. The van der Waals surface area contributed by atoms with E-state index in [4.69, 9.17) is 11.6 Å². The molecule has 0 bridgehead atoms. The highest BCUT2D eigenvalue weighted by Gasteiger charge is 2.22. The average molecular weight is 358 g/mol. The molecular weight excluding hydrogens is 348 g/mol. The van der Waals surface area contributed by atoms with Gasteiger partial charge in [0.25, 0.3) is 0 Å². The Morgan fingerprint density at radius 2 is 2.05 bits per heavy atom. The second kappa shape index (κ2) is 5.72. The molecule has 0 radical (unpaired) electrons. The molecule has 0 spiro atoms. The zero-order valence-electron chi connectivity index (χ0n) is 10.6. The Balaban J connectivity index is 2.53. The first-order valence-corrected chi connectivity index (χ1v) is 6.77. The molecular formula is C12H10BrClN4O2. The Kier molecular flexibility index (Phi) is 4.20. The van der Waals surface area contributed by atoms with Gasteiger partial charge in [-0.3, -0.25) is 10.1 Å². The maximum Gasteiger partial charge on any atom is 0.332 e. The third-order valence-corrected chi connectivity index (χ3v) is 3.45. The summed E-state index contributed by atoms with van der Waals surface area (Å²) in [4.78, 5) is 18.3. The van der Waals surface area contributed by atoms with E-state index in [9.17, 15) is 10.1 Å². The van der Waals surface area contributed by atoms with Crippen LogP contribution < -0.4 is 5.32 Å². The topological polar surface area (TPSA) is 81.0 Å². The molecule has 0 aliphatic carbocycles. The third-order valence-electron chi connectivity index (χ3n) is 2.59. The van der Waals surface area contributed by atoms with Crippen LogP contribution in [-0.4, -0.2) is 14.9 Å². The van der Waals surface area contributed by atoms with E-state index in [1.54, 1.807) is 0 Å². The Morgan fingerprint density at radius 1 is 1.35 bits per heavy atom. The molecule has 0 fully saturated rings. The second-order valence-electron chi connectivity index (χ2n) is 4.14. The molecule has 1 N–H and O–H groups in total. The molecule has 104 valence electrons. The number of aromatic nitrogens is 2. The molecule has 0 amide bonds. The molecule has 20 heavy (non-hydrogen) atoms. The Morgan fingerprint density at radius 3 is 2.70 bits per heavy atom. The predicted molar refractivity (Wildman–Crippen MR) is 80.6 cm³/mol. The minimum absolute atomic E-state index is 0.0422. The first-order chi connectivity index (χ1) is 9.38. The molecule has 8 heteroatoms. The quantitative estimate of drug-likeness (QED) is 0.507. The van der Waals surface area contributed by atoms with Crippen LogP contribution in [0.4, 0.5) is 17.2 Å². The number of rotatable bonds is 3. The van der Waals surface area contributed by atoms with Crippen molar-refractivity contribution in [1.82, 2.24) is 9.97 Å². The summed E-state index contributed by atoms with van der Waals surface area (Å²) in [5.74, 6) is 0.0683. The molecule has 0 atom stereocenters. The monoisotopic (exact) mass is 356 g/mol. The van der Waals surface area contributed by atoms with Crippen LogP contribution in [0.1, 0.15) is 11.3 Å². The highest BCUT2D eigenvalue weighted by molar-refractivity contribution is 9.10. The minimum Gasteiger partial charge on any atom is -0.333 e. The van der Waals surface area contributed by atoms with Crippen LogP contribution in [0.2, 0.25) is 5.28 Å². The fraction of sp³-hybridized carbons (Fsp3) is 0.167. The largest absolute Gasteiger partial charge is 0.333 e. The van der Waals surface area contributed by atoms with Gasteiger partial charge in [-0.25, -0.2) is 4.98 Å². The van der Waals surface area contributed by atoms with Crippen LogP contribution in [0.25, 0.3) is 0 Å². The van der Waals surface area contributed by atoms with Gasteiger partial charge in [0.1, 0.15) is 5.69 Å². The maximum atomic E-state index is 11.1. The first-order valence-electron chi connectivity index (χ1n) is 5.60. The Hall–Kier alpha value is -1.73. The smallest absolute Gasteiger partial charge is 0.332 e. The summed E-state index contributed by atoms with van der Waals surface area (Å²) in [5, 5.41) is 14.0. The first kappa shape index (κ1) is 14.7. The number of anilines is 2. The molecule has 1 aromatic heterocycles. The van der Waals surface area contributed by atoms with Crippen LogP contribution in [-0.2, 0) is 0 Å². The number of nitro groups is 1. The predicted octanol–water partition coefficient (Wildman–Crippen LogP) is 4.16. The van der Waals surface area contributed by atoms with Crippen LogP contribution in [0, 0.1) is 24.0 Å². The molecule has 1 heterocycles. The van der Waals surface area contributed by atoms with Gasteiger partial charge in [-0.05, 0) is 59.1 Å². The van der Waals surface area contributed by atoms with Crippen molar-refractivity contribution in [3.8, 4) is 0 Å². The number of benzene rings is 1. The summed E-state index contributed by atoms with van der Waals surface area (Å²) >= 11 is 9.15. The highest BCUT2D eigenvalue weighted by atomic mass is 79.9.